The summed E-state index contributed by atoms with van der Waals surface area (Å²) >= 11 is 0. The van der Waals surface area contributed by atoms with Gasteiger partial charge in [-0.2, -0.15) is 0 Å². The minimum absolute atomic E-state index is 0.622. The molecule has 2 unspecified atom stereocenters. The van der Waals surface area contributed by atoms with Crippen LogP contribution in [0.1, 0.15) is 24.3 Å². The molecule has 3 heteroatoms. The molecule has 1 aromatic rings. The lowest BCUT2D eigenvalue weighted by molar-refractivity contribution is 0.143. The van der Waals surface area contributed by atoms with Crippen molar-refractivity contribution in [3.8, 4) is 5.75 Å². The molecule has 0 heterocycles. The quantitative estimate of drug-likeness (QED) is 0.753. The Balaban J connectivity index is 2.02. The zero-order valence-corrected chi connectivity index (χ0v) is 11.3. The Morgan fingerprint density at radius 3 is 2.72 bits per heavy atom. The average Bonchev–Trinajstić information content (AvgIpc) is 2.37. The minimum atomic E-state index is 0.622. The fourth-order valence-corrected chi connectivity index (χ4v) is 2.64. The lowest BCUT2D eigenvalue weighted by Gasteiger charge is -2.37. The molecule has 100 valence electrons. The van der Waals surface area contributed by atoms with Crippen molar-refractivity contribution in [3.63, 3.8) is 0 Å². The topological polar surface area (TPSA) is 30.5 Å². The Morgan fingerprint density at radius 1 is 1.22 bits per heavy atom. The third-order valence-electron chi connectivity index (χ3n) is 3.75. The number of rotatable bonds is 7. The summed E-state index contributed by atoms with van der Waals surface area (Å²) in [5, 5.41) is 3.28. The summed E-state index contributed by atoms with van der Waals surface area (Å²) in [5.41, 5.74) is 1.36. The van der Waals surface area contributed by atoms with Crippen molar-refractivity contribution in [1.82, 2.24) is 5.32 Å². The van der Waals surface area contributed by atoms with Crippen molar-refractivity contribution in [3.05, 3.63) is 29.8 Å². The van der Waals surface area contributed by atoms with Crippen LogP contribution < -0.4 is 10.1 Å². The van der Waals surface area contributed by atoms with Gasteiger partial charge in [0.15, 0.2) is 0 Å². The van der Waals surface area contributed by atoms with Gasteiger partial charge in [0.25, 0.3) is 0 Å². The van der Waals surface area contributed by atoms with E-state index in [0.29, 0.717) is 19.1 Å². The molecule has 2 atom stereocenters. The molecule has 0 aliphatic heterocycles. The fourth-order valence-electron chi connectivity index (χ4n) is 2.64. The molecule has 0 radical (unpaired) electrons. The van der Waals surface area contributed by atoms with Gasteiger partial charge in [0, 0.05) is 7.11 Å². The highest BCUT2D eigenvalue weighted by atomic mass is 16.5. The highest BCUT2D eigenvalue weighted by molar-refractivity contribution is 5.38. The van der Waals surface area contributed by atoms with E-state index in [4.69, 9.17) is 9.47 Å². The summed E-state index contributed by atoms with van der Waals surface area (Å²) in [6, 6.07) is 8.42. The first-order chi connectivity index (χ1) is 8.86. The van der Waals surface area contributed by atoms with Gasteiger partial charge in [-0.15, -0.1) is 0 Å². The molecule has 1 aliphatic carbocycles. The van der Waals surface area contributed by atoms with Gasteiger partial charge in [-0.05, 0) is 49.9 Å². The van der Waals surface area contributed by atoms with Crippen LogP contribution in [0.2, 0.25) is 0 Å². The van der Waals surface area contributed by atoms with E-state index < -0.39 is 0 Å². The van der Waals surface area contributed by atoms with E-state index in [9.17, 15) is 0 Å². The Morgan fingerprint density at radius 2 is 2.06 bits per heavy atom. The summed E-state index contributed by atoms with van der Waals surface area (Å²) < 4.78 is 10.8. The third kappa shape index (κ3) is 3.03. The molecular weight excluding hydrogens is 226 g/mol. The zero-order valence-electron chi connectivity index (χ0n) is 11.3. The van der Waals surface area contributed by atoms with Gasteiger partial charge in [0.2, 0.25) is 0 Å². The molecule has 0 bridgehead atoms. The molecular formula is C15H23NO2. The van der Waals surface area contributed by atoms with Gasteiger partial charge in [0.1, 0.15) is 12.4 Å². The van der Waals surface area contributed by atoms with Crippen molar-refractivity contribution < 1.29 is 9.47 Å². The molecule has 1 aliphatic rings. The molecule has 0 saturated heterocycles. The Kier molecular flexibility index (Phi) is 5.02. The lowest BCUT2D eigenvalue weighted by atomic mass is 9.69. The molecule has 3 nitrogen and oxygen atoms in total. The number of hydrogen-bond acceptors (Lipinski definition) is 3. The summed E-state index contributed by atoms with van der Waals surface area (Å²) in [7, 11) is 3.72. The molecule has 1 saturated carbocycles. The van der Waals surface area contributed by atoms with Crippen molar-refractivity contribution in [2.24, 2.45) is 5.92 Å². The van der Waals surface area contributed by atoms with Crippen LogP contribution in [0.25, 0.3) is 0 Å². The van der Waals surface area contributed by atoms with Crippen molar-refractivity contribution in [2.45, 2.75) is 18.8 Å². The van der Waals surface area contributed by atoms with Crippen LogP contribution in [0.5, 0.6) is 5.75 Å². The van der Waals surface area contributed by atoms with Crippen molar-refractivity contribution >= 4 is 0 Å². The third-order valence-corrected chi connectivity index (χ3v) is 3.75. The van der Waals surface area contributed by atoms with E-state index in [1.165, 1.54) is 18.4 Å². The summed E-state index contributed by atoms with van der Waals surface area (Å²) in [4.78, 5) is 0. The normalized spacial score (nSPS) is 22.6. The van der Waals surface area contributed by atoms with E-state index >= 15 is 0 Å². The SMILES string of the molecule is CNCC1CCC1c1ccccc1OCCOC. The molecule has 1 fully saturated rings. The summed E-state index contributed by atoms with van der Waals surface area (Å²) in [6.07, 6.45) is 2.59. The maximum atomic E-state index is 5.82. The predicted octanol–water partition coefficient (Wildman–Crippen LogP) is 2.42. The second-order valence-corrected chi connectivity index (χ2v) is 4.88. The molecule has 0 amide bonds. The van der Waals surface area contributed by atoms with Crippen molar-refractivity contribution in [2.75, 3.05) is 33.9 Å². The molecule has 18 heavy (non-hydrogen) atoms. The Labute approximate surface area is 109 Å². The fraction of sp³-hybridized carbons (Fsp3) is 0.600. The van der Waals surface area contributed by atoms with Crippen LogP contribution >= 0.6 is 0 Å². The smallest absolute Gasteiger partial charge is 0.122 e. The Hall–Kier alpha value is -1.06. The largest absolute Gasteiger partial charge is 0.491 e. The van der Waals surface area contributed by atoms with E-state index in [0.717, 1.165) is 18.2 Å². The minimum Gasteiger partial charge on any atom is -0.491 e. The second-order valence-electron chi connectivity index (χ2n) is 4.88. The van der Waals surface area contributed by atoms with Gasteiger partial charge in [0.05, 0.1) is 6.61 Å². The highest BCUT2D eigenvalue weighted by Gasteiger charge is 2.33. The van der Waals surface area contributed by atoms with Crippen LogP contribution in [-0.4, -0.2) is 33.9 Å². The summed E-state index contributed by atoms with van der Waals surface area (Å²) in [6.45, 7) is 2.35. The van der Waals surface area contributed by atoms with Crippen molar-refractivity contribution in [1.29, 1.82) is 0 Å². The highest BCUT2D eigenvalue weighted by Crippen LogP contribution is 2.45. The maximum Gasteiger partial charge on any atom is 0.122 e. The number of nitrogens with one attached hydrogen (secondary N) is 1. The first kappa shape index (κ1) is 13.4. The van der Waals surface area contributed by atoms with Gasteiger partial charge in [-0.25, -0.2) is 0 Å². The van der Waals surface area contributed by atoms with Crippen LogP contribution in [0.3, 0.4) is 0 Å². The average molecular weight is 249 g/mol. The van der Waals surface area contributed by atoms with Gasteiger partial charge in [-0.1, -0.05) is 18.2 Å². The Bertz CT molecular complexity index is 367. The van der Waals surface area contributed by atoms with Crippen LogP contribution in [0.4, 0.5) is 0 Å². The predicted molar refractivity (Wildman–Crippen MR) is 73.2 cm³/mol. The van der Waals surface area contributed by atoms with Crippen LogP contribution in [0.15, 0.2) is 24.3 Å². The molecule has 1 aromatic carbocycles. The summed E-state index contributed by atoms with van der Waals surface area (Å²) in [5.74, 6) is 2.43. The first-order valence-electron chi connectivity index (χ1n) is 6.72. The molecule has 2 rings (SSSR count). The van der Waals surface area contributed by atoms with Gasteiger partial charge >= 0.3 is 0 Å². The number of ether oxygens (including phenoxy) is 2. The molecule has 0 aromatic heterocycles. The zero-order chi connectivity index (χ0) is 12.8. The van der Waals surface area contributed by atoms with E-state index in [-0.39, 0.29) is 0 Å². The van der Waals surface area contributed by atoms with Crippen LogP contribution in [0, 0.1) is 5.92 Å². The molecule has 1 N–H and O–H groups in total. The standard InChI is InChI=1S/C15H23NO2/c1-16-11-12-7-8-13(12)14-5-3-4-6-15(14)18-10-9-17-2/h3-6,12-13,16H,7-11H2,1-2H3. The lowest BCUT2D eigenvalue weighted by Crippen LogP contribution is -2.32. The van der Waals surface area contributed by atoms with Crippen LogP contribution in [-0.2, 0) is 4.74 Å². The van der Waals surface area contributed by atoms with E-state index in [1.807, 2.05) is 13.1 Å². The maximum absolute atomic E-state index is 5.82. The van der Waals surface area contributed by atoms with Gasteiger partial charge in [-0.3, -0.25) is 0 Å². The van der Waals surface area contributed by atoms with E-state index in [2.05, 4.69) is 23.5 Å². The monoisotopic (exact) mass is 249 g/mol. The number of benzene rings is 1. The number of hydrogen-bond donors (Lipinski definition) is 1. The number of para-hydroxylation sites is 1. The first-order valence-corrected chi connectivity index (χ1v) is 6.72. The molecule has 0 spiro atoms. The number of methoxy groups -OCH3 is 1. The second kappa shape index (κ2) is 6.76. The van der Waals surface area contributed by atoms with E-state index in [1.54, 1.807) is 7.11 Å². The van der Waals surface area contributed by atoms with Gasteiger partial charge < -0.3 is 14.8 Å².